The molecule has 0 saturated carbocycles. The van der Waals surface area contributed by atoms with Crippen LogP contribution in [0, 0.1) is 0 Å². The second-order valence-electron chi connectivity index (χ2n) is 10.4. The van der Waals surface area contributed by atoms with Gasteiger partial charge in [-0.2, -0.15) is 0 Å². The lowest BCUT2D eigenvalue weighted by Crippen LogP contribution is -2.60. The summed E-state index contributed by atoms with van der Waals surface area (Å²) >= 11 is 0. The van der Waals surface area contributed by atoms with Gasteiger partial charge in [-0.3, -0.25) is 0 Å². The number of rotatable bonds is 14. The summed E-state index contributed by atoms with van der Waals surface area (Å²) in [5.74, 6) is 0. The molecule has 5 atom stereocenters. The molecule has 5 nitrogen and oxygen atoms in total. The van der Waals surface area contributed by atoms with Gasteiger partial charge in [0.2, 0.25) is 0 Å². The largest absolute Gasteiger partial charge is 0.374 e. The molecule has 1 fully saturated rings. The van der Waals surface area contributed by atoms with Crippen molar-refractivity contribution < 1.29 is 23.7 Å². The molecule has 218 valence electrons. The molecule has 1 heterocycles. The van der Waals surface area contributed by atoms with Gasteiger partial charge in [0, 0.05) is 0 Å². The van der Waals surface area contributed by atoms with E-state index in [9.17, 15) is 0 Å². The summed E-state index contributed by atoms with van der Waals surface area (Å²) in [6.45, 7) is 4.14. The van der Waals surface area contributed by atoms with E-state index in [4.69, 9.17) is 23.7 Å². The fraction of sp³-hybridized carbons (Fsp3) is 0.297. The third-order valence-corrected chi connectivity index (χ3v) is 7.30. The Kier molecular flexibility index (Phi) is 11.5. The van der Waals surface area contributed by atoms with Gasteiger partial charge in [0.15, 0.2) is 0 Å². The zero-order valence-corrected chi connectivity index (χ0v) is 24.2. The third-order valence-electron chi connectivity index (χ3n) is 7.30. The smallest absolute Gasteiger partial charge is 0.116 e. The first-order valence-corrected chi connectivity index (χ1v) is 14.7. The van der Waals surface area contributed by atoms with Crippen molar-refractivity contribution in [1.82, 2.24) is 0 Å². The van der Waals surface area contributed by atoms with Gasteiger partial charge in [-0.25, -0.2) is 0 Å². The zero-order chi connectivity index (χ0) is 28.8. The van der Waals surface area contributed by atoms with Gasteiger partial charge in [-0.1, -0.05) is 133 Å². The summed E-state index contributed by atoms with van der Waals surface area (Å²) in [4.78, 5) is 0. The summed E-state index contributed by atoms with van der Waals surface area (Å²) < 4.78 is 32.9. The van der Waals surface area contributed by atoms with E-state index in [-0.39, 0.29) is 12.2 Å². The van der Waals surface area contributed by atoms with Crippen molar-refractivity contribution in [2.45, 2.75) is 63.9 Å². The van der Waals surface area contributed by atoms with Gasteiger partial charge in [0.1, 0.15) is 30.5 Å². The monoisotopic (exact) mass is 564 g/mol. The Labute approximate surface area is 249 Å². The molecule has 42 heavy (non-hydrogen) atoms. The number of allylic oxidation sites excluding steroid dienone is 1. The highest BCUT2D eigenvalue weighted by atomic mass is 16.6. The lowest BCUT2D eigenvalue weighted by Gasteiger charge is -2.45. The molecule has 0 N–H and O–H groups in total. The van der Waals surface area contributed by atoms with Crippen molar-refractivity contribution in [2.75, 3.05) is 6.61 Å². The van der Waals surface area contributed by atoms with Crippen molar-refractivity contribution in [2.24, 2.45) is 0 Å². The SMILES string of the molecule is C/C=C\[C@@H]1O[C@H](COCc2ccccc2)[C@H](OCc2ccccc2)[C@H](OCc2ccccc2)[C@H]1OCc1ccccc1. The van der Waals surface area contributed by atoms with Gasteiger partial charge in [-0.15, -0.1) is 0 Å². The summed E-state index contributed by atoms with van der Waals surface area (Å²) in [5.41, 5.74) is 4.38. The molecule has 0 amide bonds. The van der Waals surface area contributed by atoms with Crippen LogP contribution in [-0.4, -0.2) is 37.1 Å². The number of hydrogen-bond donors (Lipinski definition) is 0. The second kappa shape index (κ2) is 16.2. The maximum atomic E-state index is 6.72. The highest BCUT2D eigenvalue weighted by Gasteiger charge is 2.47. The van der Waals surface area contributed by atoms with E-state index in [1.54, 1.807) is 0 Å². The maximum Gasteiger partial charge on any atom is 0.116 e. The fourth-order valence-electron chi connectivity index (χ4n) is 5.17. The molecule has 0 spiro atoms. The normalized spacial score (nSPS) is 22.4. The summed E-state index contributed by atoms with van der Waals surface area (Å²) in [5, 5.41) is 0. The van der Waals surface area contributed by atoms with Crippen LogP contribution in [0.1, 0.15) is 29.2 Å². The minimum Gasteiger partial charge on any atom is -0.374 e. The van der Waals surface area contributed by atoms with Gasteiger partial charge in [0.25, 0.3) is 0 Å². The van der Waals surface area contributed by atoms with Crippen LogP contribution in [-0.2, 0) is 50.1 Å². The van der Waals surface area contributed by atoms with Crippen LogP contribution in [0.4, 0.5) is 0 Å². The Bertz CT molecular complexity index is 1310. The van der Waals surface area contributed by atoms with Crippen LogP contribution in [0.15, 0.2) is 133 Å². The van der Waals surface area contributed by atoms with E-state index in [1.807, 2.05) is 91.9 Å². The summed E-state index contributed by atoms with van der Waals surface area (Å²) in [6.07, 6.45) is 2.13. The van der Waals surface area contributed by atoms with Crippen LogP contribution in [0.3, 0.4) is 0 Å². The van der Waals surface area contributed by atoms with Gasteiger partial charge in [-0.05, 0) is 29.2 Å². The Morgan fingerprint density at radius 3 is 1.38 bits per heavy atom. The van der Waals surface area contributed by atoms with Crippen molar-refractivity contribution >= 4 is 0 Å². The Hall–Kier alpha value is -3.58. The van der Waals surface area contributed by atoms with E-state index >= 15 is 0 Å². The molecule has 1 aliphatic heterocycles. The number of hydrogen-bond acceptors (Lipinski definition) is 5. The molecule has 0 bridgehead atoms. The first-order chi connectivity index (χ1) is 20.8. The lowest BCUT2D eigenvalue weighted by molar-refractivity contribution is -0.263. The van der Waals surface area contributed by atoms with E-state index in [0.29, 0.717) is 33.0 Å². The molecule has 0 unspecified atom stereocenters. The molecule has 4 aromatic rings. The predicted octanol–water partition coefficient (Wildman–Crippen LogP) is 7.30. The summed E-state index contributed by atoms with van der Waals surface area (Å²) in [6, 6.07) is 40.8. The first kappa shape index (κ1) is 29.9. The standard InChI is InChI=1S/C37H40O5/c1-2-15-33-35(39-25-30-18-9-4-10-19-30)37(41-27-32-22-13-6-14-23-32)36(40-26-31-20-11-5-12-21-31)34(42-33)28-38-24-29-16-7-3-8-17-29/h2-23,33-37H,24-28H2,1H3/b15-2-/t33-,34+,35-,36-,37+/m0/s1. The van der Waals surface area contributed by atoms with Gasteiger partial charge < -0.3 is 23.7 Å². The predicted molar refractivity (Wildman–Crippen MR) is 165 cm³/mol. The average molecular weight is 565 g/mol. The highest BCUT2D eigenvalue weighted by Crippen LogP contribution is 2.31. The van der Waals surface area contributed by atoms with E-state index in [0.717, 1.165) is 22.3 Å². The van der Waals surface area contributed by atoms with E-state index < -0.39 is 18.3 Å². The molecular formula is C37H40O5. The van der Waals surface area contributed by atoms with Crippen molar-refractivity contribution in [1.29, 1.82) is 0 Å². The van der Waals surface area contributed by atoms with Crippen molar-refractivity contribution in [3.8, 4) is 0 Å². The molecule has 4 aromatic carbocycles. The van der Waals surface area contributed by atoms with Crippen LogP contribution in [0.25, 0.3) is 0 Å². The maximum absolute atomic E-state index is 6.72. The Balaban J connectivity index is 1.41. The number of ether oxygens (including phenoxy) is 5. The van der Waals surface area contributed by atoms with Crippen molar-refractivity contribution in [3.05, 3.63) is 156 Å². The minimum atomic E-state index is -0.424. The van der Waals surface area contributed by atoms with E-state index in [1.165, 1.54) is 0 Å². The van der Waals surface area contributed by atoms with Crippen LogP contribution < -0.4 is 0 Å². The lowest BCUT2D eigenvalue weighted by atomic mass is 9.93. The third kappa shape index (κ3) is 8.71. The van der Waals surface area contributed by atoms with E-state index in [2.05, 4.69) is 48.5 Å². The molecule has 1 aliphatic rings. The molecule has 0 aliphatic carbocycles. The average Bonchev–Trinajstić information content (AvgIpc) is 3.05. The van der Waals surface area contributed by atoms with Crippen LogP contribution in [0.5, 0.6) is 0 Å². The minimum absolute atomic E-state index is 0.332. The summed E-state index contributed by atoms with van der Waals surface area (Å²) in [7, 11) is 0. The molecule has 0 radical (unpaired) electrons. The Morgan fingerprint density at radius 1 is 0.524 bits per heavy atom. The first-order valence-electron chi connectivity index (χ1n) is 14.7. The number of benzene rings is 4. The van der Waals surface area contributed by atoms with Crippen molar-refractivity contribution in [3.63, 3.8) is 0 Å². The molecule has 0 aromatic heterocycles. The van der Waals surface area contributed by atoms with Gasteiger partial charge in [0.05, 0.1) is 33.0 Å². The molecule has 1 saturated heterocycles. The Morgan fingerprint density at radius 2 is 0.929 bits per heavy atom. The zero-order valence-electron chi connectivity index (χ0n) is 24.2. The highest BCUT2D eigenvalue weighted by molar-refractivity contribution is 5.17. The quantitative estimate of drug-likeness (QED) is 0.150. The molecular weight excluding hydrogens is 524 g/mol. The topological polar surface area (TPSA) is 46.2 Å². The van der Waals surface area contributed by atoms with Crippen LogP contribution in [0.2, 0.25) is 0 Å². The van der Waals surface area contributed by atoms with Gasteiger partial charge >= 0.3 is 0 Å². The second-order valence-corrected chi connectivity index (χ2v) is 10.4. The molecule has 5 rings (SSSR count). The fourth-order valence-corrected chi connectivity index (χ4v) is 5.17. The molecule has 5 heteroatoms. The van der Waals surface area contributed by atoms with Crippen LogP contribution >= 0.6 is 0 Å².